The third-order valence-electron chi connectivity index (χ3n) is 4.81. The van der Waals surface area contributed by atoms with Crippen molar-refractivity contribution < 1.29 is 4.79 Å². The van der Waals surface area contributed by atoms with E-state index in [2.05, 4.69) is 37.7 Å². The number of rotatable bonds is 8. The summed E-state index contributed by atoms with van der Waals surface area (Å²) >= 11 is 0. The first-order valence-electron chi connectivity index (χ1n) is 10.5. The van der Waals surface area contributed by atoms with E-state index in [9.17, 15) is 4.79 Å². The molecule has 0 bridgehead atoms. The molecule has 0 aliphatic rings. The number of carbonyl (C=O) groups excluding carboxylic acids is 1. The van der Waals surface area contributed by atoms with Crippen LogP contribution in [0, 0.1) is 0 Å². The lowest BCUT2D eigenvalue weighted by molar-refractivity contribution is -0.116. The van der Waals surface area contributed by atoms with Crippen molar-refractivity contribution in [2.24, 2.45) is 4.99 Å². The first-order valence-corrected chi connectivity index (χ1v) is 10.5. The summed E-state index contributed by atoms with van der Waals surface area (Å²) in [4.78, 5) is 26.1. The zero-order chi connectivity index (χ0) is 22.1. The van der Waals surface area contributed by atoms with Crippen molar-refractivity contribution in [1.29, 1.82) is 0 Å². The van der Waals surface area contributed by atoms with Gasteiger partial charge < -0.3 is 20.5 Å². The van der Waals surface area contributed by atoms with Gasteiger partial charge in [0.15, 0.2) is 5.96 Å². The number of nitrogens with one attached hydrogen (secondary N) is 3. The predicted octanol–water partition coefficient (Wildman–Crippen LogP) is 4.64. The van der Waals surface area contributed by atoms with Gasteiger partial charge in [0.05, 0.1) is 18.4 Å². The first kappa shape index (κ1) is 25.4. The van der Waals surface area contributed by atoms with E-state index in [1.807, 2.05) is 67.5 Å². The van der Waals surface area contributed by atoms with Crippen LogP contribution >= 0.6 is 24.0 Å². The number of aliphatic imine (C=N–C) groups is 1. The van der Waals surface area contributed by atoms with Gasteiger partial charge in [0.25, 0.3) is 0 Å². The molecular formula is C24H31IN6O. The molecule has 0 aliphatic heterocycles. The van der Waals surface area contributed by atoms with Crippen LogP contribution in [-0.2, 0) is 17.9 Å². The Hall–Kier alpha value is -2.88. The molecule has 3 N–H and O–H groups in total. The zero-order valence-corrected chi connectivity index (χ0v) is 21.1. The Morgan fingerprint density at radius 3 is 2.66 bits per heavy atom. The fraction of sp³-hybridized carbons (Fsp3) is 0.292. The minimum absolute atomic E-state index is 0. The lowest BCUT2D eigenvalue weighted by atomic mass is 10.2. The maximum absolute atomic E-state index is 11.8. The van der Waals surface area contributed by atoms with Crippen LogP contribution in [0.5, 0.6) is 0 Å². The third-order valence-corrected chi connectivity index (χ3v) is 4.81. The average molecular weight is 546 g/mol. The van der Waals surface area contributed by atoms with Crippen LogP contribution in [0.15, 0.2) is 65.8 Å². The minimum Gasteiger partial charge on any atom is -0.352 e. The molecule has 0 saturated heterocycles. The van der Waals surface area contributed by atoms with Crippen LogP contribution in [-0.4, -0.2) is 40.8 Å². The molecule has 0 saturated carbocycles. The predicted molar refractivity (Wildman–Crippen MR) is 141 cm³/mol. The molecular weight excluding hydrogens is 515 g/mol. The van der Waals surface area contributed by atoms with Crippen LogP contribution < -0.4 is 10.6 Å². The molecule has 0 aliphatic carbocycles. The van der Waals surface area contributed by atoms with Gasteiger partial charge in [0, 0.05) is 32.7 Å². The van der Waals surface area contributed by atoms with Crippen molar-refractivity contribution in [3.05, 3.63) is 72.2 Å². The molecule has 170 valence electrons. The molecule has 0 spiro atoms. The van der Waals surface area contributed by atoms with Crippen molar-refractivity contribution >= 4 is 41.5 Å². The summed E-state index contributed by atoms with van der Waals surface area (Å²) in [7, 11) is 3.74. The van der Waals surface area contributed by atoms with Crippen LogP contribution in [0.3, 0.4) is 0 Å². The standard InChI is InChI=1S/C24H30N6O.HI/c1-4-9-23(31)28-20-13-8-10-18(14-20)15-27-24(25-2)30(3)17-22-26-16-21(29-22)19-11-6-5-7-12-19;/h5-8,10-14,16H,4,9,15,17H2,1-3H3,(H,25,27)(H,26,29)(H,28,31);1H. The smallest absolute Gasteiger partial charge is 0.224 e. The number of imidazole rings is 1. The second-order valence-electron chi connectivity index (χ2n) is 7.36. The van der Waals surface area contributed by atoms with E-state index in [1.165, 1.54) is 0 Å². The minimum atomic E-state index is 0. The van der Waals surface area contributed by atoms with Crippen LogP contribution in [0.1, 0.15) is 31.2 Å². The molecule has 0 radical (unpaired) electrons. The maximum atomic E-state index is 11.8. The van der Waals surface area contributed by atoms with Gasteiger partial charge in [0.1, 0.15) is 5.82 Å². The van der Waals surface area contributed by atoms with E-state index in [4.69, 9.17) is 0 Å². The maximum Gasteiger partial charge on any atom is 0.224 e. The Bertz CT molecular complexity index is 1020. The Kier molecular flexibility index (Phi) is 10.2. The van der Waals surface area contributed by atoms with Crippen molar-refractivity contribution in [3.63, 3.8) is 0 Å². The van der Waals surface area contributed by atoms with E-state index in [-0.39, 0.29) is 29.9 Å². The highest BCUT2D eigenvalue weighted by atomic mass is 127. The fourth-order valence-corrected chi connectivity index (χ4v) is 3.28. The molecule has 0 atom stereocenters. The fourth-order valence-electron chi connectivity index (χ4n) is 3.28. The SMILES string of the molecule is CCCC(=O)Nc1cccc(CNC(=NC)N(C)Cc2ncc(-c3ccccc3)[nH]2)c1.I. The van der Waals surface area contributed by atoms with E-state index >= 15 is 0 Å². The summed E-state index contributed by atoms with van der Waals surface area (Å²) in [6.07, 6.45) is 3.21. The second kappa shape index (κ2) is 12.8. The Morgan fingerprint density at radius 1 is 1.16 bits per heavy atom. The van der Waals surface area contributed by atoms with Crippen LogP contribution in [0.2, 0.25) is 0 Å². The normalized spacial score (nSPS) is 10.9. The second-order valence-corrected chi connectivity index (χ2v) is 7.36. The van der Waals surface area contributed by atoms with Gasteiger partial charge in [-0.05, 0) is 29.7 Å². The summed E-state index contributed by atoms with van der Waals surface area (Å²) < 4.78 is 0. The van der Waals surface area contributed by atoms with Crippen molar-refractivity contribution in [1.82, 2.24) is 20.2 Å². The van der Waals surface area contributed by atoms with Gasteiger partial charge in [-0.1, -0.05) is 49.4 Å². The van der Waals surface area contributed by atoms with Gasteiger partial charge >= 0.3 is 0 Å². The molecule has 3 aromatic rings. The lowest BCUT2D eigenvalue weighted by Crippen LogP contribution is -2.38. The number of anilines is 1. The van der Waals surface area contributed by atoms with Gasteiger partial charge in [-0.25, -0.2) is 4.98 Å². The number of hydrogen-bond donors (Lipinski definition) is 3. The molecule has 3 rings (SSSR count). The lowest BCUT2D eigenvalue weighted by Gasteiger charge is -2.21. The highest BCUT2D eigenvalue weighted by molar-refractivity contribution is 14.0. The molecule has 7 nitrogen and oxygen atoms in total. The number of aromatic nitrogens is 2. The Labute approximate surface area is 206 Å². The third kappa shape index (κ3) is 7.37. The summed E-state index contributed by atoms with van der Waals surface area (Å²) in [6.45, 7) is 3.19. The highest BCUT2D eigenvalue weighted by Crippen LogP contribution is 2.16. The summed E-state index contributed by atoms with van der Waals surface area (Å²) in [5, 5.41) is 6.31. The number of carbonyl (C=O) groups is 1. The summed E-state index contributed by atoms with van der Waals surface area (Å²) in [5.74, 6) is 1.67. The quantitative estimate of drug-likeness (QED) is 0.218. The first-order chi connectivity index (χ1) is 15.1. The molecule has 0 fully saturated rings. The van der Waals surface area contributed by atoms with E-state index in [1.54, 1.807) is 7.05 Å². The average Bonchev–Trinajstić information content (AvgIpc) is 3.24. The molecule has 8 heteroatoms. The van der Waals surface area contributed by atoms with E-state index in [0.29, 0.717) is 19.5 Å². The number of benzene rings is 2. The van der Waals surface area contributed by atoms with Crippen LogP contribution in [0.4, 0.5) is 5.69 Å². The number of guanidine groups is 1. The zero-order valence-electron chi connectivity index (χ0n) is 18.8. The summed E-state index contributed by atoms with van der Waals surface area (Å²) in [5.41, 5.74) is 3.98. The van der Waals surface area contributed by atoms with Crippen molar-refractivity contribution in [2.75, 3.05) is 19.4 Å². The van der Waals surface area contributed by atoms with Gasteiger partial charge in [-0.15, -0.1) is 24.0 Å². The topological polar surface area (TPSA) is 85.4 Å². The largest absolute Gasteiger partial charge is 0.352 e. The number of amides is 1. The molecule has 1 heterocycles. The highest BCUT2D eigenvalue weighted by Gasteiger charge is 2.10. The number of H-pyrrole nitrogens is 1. The van der Waals surface area contributed by atoms with Crippen LogP contribution in [0.25, 0.3) is 11.3 Å². The molecule has 32 heavy (non-hydrogen) atoms. The van der Waals surface area contributed by atoms with Crippen molar-refractivity contribution in [3.8, 4) is 11.3 Å². The van der Waals surface area contributed by atoms with Gasteiger partial charge in [-0.2, -0.15) is 0 Å². The van der Waals surface area contributed by atoms with Gasteiger partial charge in [0.2, 0.25) is 5.91 Å². The molecule has 1 aromatic heterocycles. The number of aromatic amines is 1. The van der Waals surface area contributed by atoms with E-state index in [0.717, 1.165) is 40.7 Å². The van der Waals surface area contributed by atoms with Crippen molar-refractivity contribution in [2.45, 2.75) is 32.9 Å². The molecule has 1 amide bonds. The number of hydrogen-bond acceptors (Lipinski definition) is 3. The molecule has 2 aromatic carbocycles. The number of nitrogens with zero attached hydrogens (tertiary/aromatic N) is 3. The monoisotopic (exact) mass is 546 g/mol. The van der Waals surface area contributed by atoms with E-state index < -0.39 is 0 Å². The Balaban J connectivity index is 0.00000363. The molecule has 0 unspecified atom stereocenters. The van der Waals surface area contributed by atoms with Gasteiger partial charge in [-0.3, -0.25) is 9.79 Å². The summed E-state index contributed by atoms with van der Waals surface area (Å²) in [6, 6.07) is 18.0. The Morgan fingerprint density at radius 2 is 1.94 bits per heavy atom. The number of halogens is 1.